The molecule has 0 aliphatic heterocycles. The summed E-state index contributed by atoms with van der Waals surface area (Å²) in [4.78, 5) is 8.48. The van der Waals surface area contributed by atoms with Crippen LogP contribution in [0, 0.1) is 0 Å². The molecule has 1 aromatic heterocycles. The van der Waals surface area contributed by atoms with Gasteiger partial charge in [-0.1, -0.05) is 23.7 Å². The molecule has 0 saturated heterocycles. The first kappa shape index (κ1) is 16.5. The highest BCUT2D eigenvalue weighted by atomic mass is 35.5. The van der Waals surface area contributed by atoms with Gasteiger partial charge in [0.25, 0.3) is 10.0 Å². The number of nitrogens with one attached hydrogen (secondary N) is 1. The lowest BCUT2D eigenvalue weighted by Crippen LogP contribution is -2.14. The fourth-order valence-corrected chi connectivity index (χ4v) is 3.39. The summed E-state index contributed by atoms with van der Waals surface area (Å²) in [7, 11) is -3.80. The van der Waals surface area contributed by atoms with Crippen molar-refractivity contribution in [1.29, 1.82) is 0 Å². The molecule has 8 heteroatoms. The molecule has 124 valence electrons. The fourth-order valence-electron chi connectivity index (χ4n) is 2.15. The Morgan fingerprint density at radius 2 is 2.00 bits per heavy atom. The summed E-state index contributed by atoms with van der Waals surface area (Å²) in [6.07, 6.45) is 1.33. The van der Waals surface area contributed by atoms with Gasteiger partial charge in [-0.25, -0.2) is 18.4 Å². The van der Waals surface area contributed by atoms with Gasteiger partial charge in [0.1, 0.15) is 11.3 Å². The molecular formula is C16H14ClN3O3S. The van der Waals surface area contributed by atoms with E-state index in [1.807, 2.05) is 6.92 Å². The Balaban J connectivity index is 1.93. The van der Waals surface area contributed by atoms with Crippen molar-refractivity contribution in [3.05, 3.63) is 53.7 Å². The fraction of sp³-hybridized carbons (Fsp3) is 0.125. The molecule has 3 aromatic rings. The molecular weight excluding hydrogens is 350 g/mol. The van der Waals surface area contributed by atoms with Gasteiger partial charge in [0.05, 0.1) is 28.2 Å². The zero-order valence-electron chi connectivity index (χ0n) is 12.7. The number of para-hydroxylation sites is 1. The lowest BCUT2D eigenvalue weighted by molar-refractivity contribution is 0.339. The van der Waals surface area contributed by atoms with Crippen LogP contribution in [0.5, 0.6) is 5.75 Å². The third kappa shape index (κ3) is 3.42. The number of benzene rings is 2. The van der Waals surface area contributed by atoms with Crippen LogP contribution in [0.25, 0.3) is 11.0 Å². The van der Waals surface area contributed by atoms with Gasteiger partial charge >= 0.3 is 0 Å². The Morgan fingerprint density at radius 3 is 2.79 bits per heavy atom. The Morgan fingerprint density at radius 1 is 1.21 bits per heavy atom. The molecule has 1 N–H and O–H groups in total. The number of hydrogen-bond acceptors (Lipinski definition) is 5. The molecule has 0 spiro atoms. The Hall–Kier alpha value is -2.38. The van der Waals surface area contributed by atoms with Crippen molar-refractivity contribution in [3.8, 4) is 5.75 Å². The third-order valence-electron chi connectivity index (χ3n) is 3.19. The summed E-state index contributed by atoms with van der Waals surface area (Å²) >= 11 is 6.03. The molecule has 0 aliphatic carbocycles. The first-order valence-corrected chi connectivity index (χ1v) is 9.02. The minimum absolute atomic E-state index is 0.0847. The van der Waals surface area contributed by atoms with E-state index < -0.39 is 10.0 Å². The minimum Gasteiger partial charge on any atom is -0.494 e. The summed E-state index contributed by atoms with van der Waals surface area (Å²) in [5.41, 5.74) is 1.02. The molecule has 0 aliphatic rings. The van der Waals surface area contributed by atoms with Gasteiger partial charge in [0.15, 0.2) is 5.82 Å². The highest BCUT2D eigenvalue weighted by Gasteiger charge is 2.16. The second-order valence-corrected chi connectivity index (χ2v) is 6.97. The lowest BCUT2D eigenvalue weighted by atomic mass is 10.3. The van der Waals surface area contributed by atoms with Gasteiger partial charge in [-0.2, -0.15) is 0 Å². The molecule has 6 nitrogen and oxygen atoms in total. The van der Waals surface area contributed by atoms with Crippen molar-refractivity contribution in [2.24, 2.45) is 0 Å². The average Bonchev–Trinajstić information content (AvgIpc) is 2.55. The standard InChI is InChI=1S/C16H14ClN3O3S/c1-2-23-11-5-3-6-12(9-11)24(21,22)20-15-10-18-16-13(17)7-4-8-14(16)19-15/h3-10H,2H2,1H3,(H,19,20). The predicted molar refractivity (Wildman–Crippen MR) is 93.0 cm³/mol. The largest absolute Gasteiger partial charge is 0.494 e. The zero-order chi connectivity index (χ0) is 17.2. The minimum atomic E-state index is -3.80. The van der Waals surface area contributed by atoms with Crippen molar-refractivity contribution >= 4 is 38.5 Å². The van der Waals surface area contributed by atoms with E-state index in [2.05, 4.69) is 14.7 Å². The molecule has 0 amide bonds. The summed E-state index contributed by atoms with van der Waals surface area (Å²) in [5.74, 6) is 0.600. The van der Waals surface area contributed by atoms with E-state index in [4.69, 9.17) is 16.3 Å². The molecule has 0 fully saturated rings. The van der Waals surface area contributed by atoms with Crippen molar-refractivity contribution in [3.63, 3.8) is 0 Å². The van der Waals surface area contributed by atoms with Crippen LogP contribution in [-0.2, 0) is 10.0 Å². The SMILES string of the molecule is CCOc1cccc(S(=O)(=O)Nc2cnc3c(Cl)cccc3n2)c1. The normalized spacial score (nSPS) is 11.4. The van der Waals surface area contributed by atoms with Crippen molar-refractivity contribution in [2.45, 2.75) is 11.8 Å². The topological polar surface area (TPSA) is 81.2 Å². The van der Waals surface area contributed by atoms with Gasteiger partial charge < -0.3 is 4.74 Å². The average molecular weight is 364 g/mol. The monoisotopic (exact) mass is 363 g/mol. The van der Waals surface area contributed by atoms with Crippen LogP contribution in [0.1, 0.15) is 6.92 Å². The molecule has 1 heterocycles. The molecule has 0 atom stereocenters. The van der Waals surface area contributed by atoms with E-state index in [1.54, 1.807) is 30.3 Å². The second-order valence-electron chi connectivity index (χ2n) is 4.88. The highest BCUT2D eigenvalue weighted by molar-refractivity contribution is 7.92. The molecule has 0 radical (unpaired) electrons. The molecule has 0 unspecified atom stereocenters. The maximum Gasteiger partial charge on any atom is 0.263 e. The van der Waals surface area contributed by atoms with Crippen LogP contribution in [0.3, 0.4) is 0 Å². The molecule has 0 bridgehead atoms. The van der Waals surface area contributed by atoms with Crippen molar-refractivity contribution < 1.29 is 13.2 Å². The van der Waals surface area contributed by atoms with E-state index in [0.717, 1.165) is 0 Å². The second kappa shape index (κ2) is 6.62. The molecule has 24 heavy (non-hydrogen) atoms. The summed E-state index contributed by atoms with van der Waals surface area (Å²) < 4.78 is 32.7. The van der Waals surface area contributed by atoms with Gasteiger partial charge in [-0.3, -0.25) is 4.72 Å². The zero-order valence-corrected chi connectivity index (χ0v) is 14.3. The summed E-state index contributed by atoms with van der Waals surface area (Å²) in [6, 6.07) is 11.4. The van der Waals surface area contributed by atoms with Crippen LogP contribution in [0.2, 0.25) is 5.02 Å². The van der Waals surface area contributed by atoms with Gasteiger partial charge in [-0.15, -0.1) is 0 Å². The summed E-state index contributed by atoms with van der Waals surface area (Å²) in [6.45, 7) is 2.28. The maximum atomic E-state index is 12.5. The van der Waals surface area contributed by atoms with Crippen LogP contribution < -0.4 is 9.46 Å². The van der Waals surface area contributed by atoms with Crippen LogP contribution in [-0.4, -0.2) is 25.0 Å². The van der Waals surface area contributed by atoms with Crippen LogP contribution in [0.4, 0.5) is 5.82 Å². The Bertz CT molecular complexity index is 993. The van der Waals surface area contributed by atoms with E-state index in [0.29, 0.717) is 28.4 Å². The number of hydrogen-bond donors (Lipinski definition) is 1. The third-order valence-corrected chi connectivity index (χ3v) is 4.85. The van der Waals surface area contributed by atoms with Crippen LogP contribution >= 0.6 is 11.6 Å². The molecule has 0 saturated carbocycles. The van der Waals surface area contributed by atoms with E-state index >= 15 is 0 Å². The number of halogens is 1. The van der Waals surface area contributed by atoms with Gasteiger partial charge in [-0.05, 0) is 31.2 Å². The van der Waals surface area contributed by atoms with Crippen molar-refractivity contribution in [2.75, 3.05) is 11.3 Å². The predicted octanol–water partition coefficient (Wildman–Crippen LogP) is 3.48. The Labute approximate surface area is 144 Å². The first-order valence-electron chi connectivity index (χ1n) is 7.16. The number of sulfonamides is 1. The van der Waals surface area contributed by atoms with Gasteiger partial charge in [0.2, 0.25) is 0 Å². The quantitative estimate of drug-likeness (QED) is 0.750. The smallest absolute Gasteiger partial charge is 0.263 e. The summed E-state index contributed by atoms with van der Waals surface area (Å²) in [5, 5.41) is 0.457. The number of ether oxygens (including phenoxy) is 1. The number of fused-ring (bicyclic) bond motifs is 1. The van der Waals surface area contributed by atoms with Gasteiger partial charge in [0, 0.05) is 6.07 Å². The van der Waals surface area contributed by atoms with E-state index in [9.17, 15) is 8.42 Å². The number of anilines is 1. The molecule has 3 rings (SSSR count). The first-order chi connectivity index (χ1) is 11.5. The number of nitrogens with zero attached hydrogens (tertiary/aromatic N) is 2. The lowest BCUT2D eigenvalue weighted by Gasteiger charge is -2.09. The molecule has 2 aromatic carbocycles. The number of aromatic nitrogens is 2. The van der Waals surface area contributed by atoms with Crippen LogP contribution in [0.15, 0.2) is 53.6 Å². The van der Waals surface area contributed by atoms with E-state index in [1.165, 1.54) is 18.3 Å². The number of rotatable bonds is 5. The van der Waals surface area contributed by atoms with E-state index in [-0.39, 0.29) is 10.7 Å². The maximum absolute atomic E-state index is 12.5. The highest BCUT2D eigenvalue weighted by Crippen LogP contribution is 2.23. The Kier molecular flexibility index (Phi) is 4.55. The van der Waals surface area contributed by atoms with Crippen molar-refractivity contribution in [1.82, 2.24) is 9.97 Å².